The van der Waals surface area contributed by atoms with Crippen LogP contribution < -0.4 is 10.1 Å². The molecule has 0 unspecified atom stereocenters. The zero-order valence-electron chi connectivity index (χ0n) is 15.9. The lowest BCUT2D eigenvalue weighted by Crippen LogP contribution is -2.42. The molecule has 0 radical (unpaired) electrons. The Morgan fingerprint density at radius 2 is 1.96 bits per heavy atom. The van der Waals surface area contributed by atoms with Gasteiger partial charge in [-0.25, -0.2) is 0 Å². The molecular weight excluding hydrogens is 372 g/mol. The van der Waals surface area contributed by atoms with E-state index in [1.807, 2.05) is 46.7 Å². The Morgan fingerprint density at radius 1 is 1.14 bits per heavy atom. The van der Waals surface area contributed by atoms with Gasteiger partial charge < -0.3 is 15.0 Å². The number of nitrogens with one attached hydrogen (secondary N) is 1. The van der Waals surface area contributed by atoms with E-state index in [0.29, 0.717) is 30.6 Å². The zero-order valence-corrected chi connectivity index (χ0v) is 16.7. The molecule has 2 fully saturated rings. The molecule has 28 heavy (non-hydrogen) atoms. The Labute approximate surface area is 169 Å². The maximum atomic E-state index is 12.5. The van der Waals surface area contributed by atoms with E-state index < -0.39 is 0 Å². The fourth-order valence-electron chi connectivity index (χ4n) is 3.51. The Balaban J connectivity index is 1.24. The Bertz CT molecular complexity index is 800. The largest absolute Gasteiger partial charge is 0.493 e. The molecule has 2 aromatic rings. The van der Waals surface area contributed by atoms with Gasteiger partial charge in [0.15, 0.2) is 0 Å². The highest BCUT2D eigenvalue weighted by Gasteiger charge is 2.25. The van der Waals surface area contributed by atoms with Crippen molar-refractivity contribution in [2.45, 2.75) is 38.1 Å². The van der Waals surface area contributed by atoms with Crippen LogP contribution in [0, 0.1) is 5.92 Å². The van der Waals surface area contributed by atoms with Crippen molar-refractivity contribution in [3.05, 3.63) is 52.2 Å². The fraction of sp³-hybridized carbons (Fsp3) is 0.455. The van der Waals surface area contributed by atoms with E-state index >= 15 is 0 Å². The lowest BCUT2D eigenvalue weighted by Gasteiger charge is -2.32. The van der Waals surface area contributed by atoms with Gasteiger partial charge in [-0.3, -0.25) is 9.59 Å². The third-order valence-electron chi connectivity index (χ3n) is 5.29. The normalized spacial score (nSPS) is 19.3. The molecule has 1 saturated carbocycles. The van der Waals surface area contributed by atoms with Crippen molar-refractivity contribution in [1.29, 1.82) is 0 Å². The van der Waals surface area contributed by atoms with Crippen molar-refractivity contribution < 1.29 is 14.3 Å². The summed E-state index contributed by atoms with van der Waals surface area (Å²) < 4.78 is 5.94. The number of benzene rings is 1. The molecule has 4 rings (SSSR count). The molecule has 2 heterocycles. The second kappa shape index (κ2) is 8.78. The molecule has 2 aliphatic rings. The maximum absolute atomic E-state index is 12.5. The van der Waals surface area contributed by atoms with Gasteiger partial charge in [0.2, 0.25) is 5.91 Å². The smallest absolute Gasteiger partial charge is 0.251 e. The predicted molar refractivity (Wildman–Crippen MR) is 110 cm³/mol. The number of carbonyl (C=O) groups excluding carboxylic acids is 2. The number of thiophene rings is 1. The molecule has 6 heteroatoms. The van der Waals surface area contributed by atoms with E-state index in [4.69, 9.17) is 4.74 Å². The third-order valence-corrected chi connectivity index (χ3v) is 6.17. The average Bonchev–Trinajstić information content (AvgIpc) is 3.39. The number of piperidine rings is 1. The summed E-state index contributed by atoms with van der Waals surface area (Å²) in [4.78, 5) is 27.7. The Hall–Kier alpha value is -2.34. The molecule has 148 valence electrons. The molecule has 1 saturated heterocycles. The van der Waals surface area contributed by atoms with Crippen molar-refractivity contribution in [2.75, 3.05) is 19.7 Å². The van der Waals surface area contributed by atoms with Crippen LogP contribution in [0.3, 0.4) is 0 Å². The summed E-state index contributed by atoms with van der Waals surface area (Å²) in [6, 6.07) is 11.7. The van der Waals surface area contributed by atoms with E-state index in [2.05, 4.69) is 5.32 Å². The summed E-state index contributed by atoms with van der Waals surface area (Å²) in [5.74, 6) is 1.31. The number of carbonyl (C=O) groups is 2. The number of hydrogen-bond donors (Lipinski definition) is 1. The number of amides is 2. The maximum Gasteiger partial charge on any atom is 0.251 e. The molecule has 1 aromatic heterocycles. The molecular formula is C22H26N2O3S. The highest BCUT2D eigenvalue weighted by Crippen LogP contribution is 2.22. The predicted octanol–water partition coefficient (Wildman–Crippen LogP) is 3.50. The number of likely N-dealkylation sites (tertiary alicyclic amines) is 1. The van der Waals surface area contributed by atoms with Gasteiger partial charge in [0.25, 0.3) is 5.91 Å². The lowest BCUT2D eigenvalue weighted by molar-refractivity contribution is -0.132. The minimum Gasteiger partial charge on any atom is -0.493 e. The van der Waals surface area contributed by atoms with Crippen molar-refractivity contribution in [2.24, 2.45) is 5.92 Å². The molecule has 1 aliphatic heterocycles. The van der Waals surface area contributed by atoms with Gasteiger partial charge in [-0.05, 0) is 61.4 Å². The van der Waals surface area contributed by atoms with Crippen LogP contribution in [-0.2, 0) is 11.2 Å². The highest BCUT2D eigenvalue weighted by molar-refractivity contribution is 7.10. The van der Waals surface area contributed by atoms with Crippen molar-refractivity contribution in [3.63, 3.8) is 0 Å². The molecule has 1 atom stereocenters. The van der Waals surface area contributed by atoms with E-state index in [9.17, 15) is 9.59 Å². The van der Waals surface area contributed by atoms with E-state index in [1.54, 1.807) is 11.3 Å². The van der Waals surface area contributed by atoms with Crippen molar-refractivity contribution in [3.8, 4) is 5.75 Å². The molecule has 5 nitrogen and oxygen atoms in total. The summed E-state index contributed by atoms with van der Waals surface area (Å²) in [6.45, 7) is 2.19. The van der Waals surface area contributed by atoms with Crippen molar-refractivity contribution in [1.82, 2.24) is 10.2 Å². The second-order valence-corrected chi connectivity index (χ2v) is 8.72. The van der Waals surface area contributed by atoms with Gasteiger partial charge in [-0.1, -0.05) is 6.07 Å². The third kappa shape index (κ3) is 5.13. The number of ether oxygens (including phenoxy) is 1. The van der Waals surface area contributed by atoms with Gasteiger partial charge in [0.1, 0.15) is 5.75 Å². The summed E-state index contributed by atoms with van der Waals surface area (Å²) in [7, 11) is 0. The first kappa shape index (κ1) is 19.0. The van der Waals surface area contributed by atoms with Gasteiger partial charge in [-0.2, -0.15) is 0 Å². The van der Waals surface area contributed by atoms with Gasteiger partial charge in [-0.15, -0.1) is 11.3 Å². The second-order valence-electron chi connectivity index (χ2n) is 7.69. The van der Waals surface area contributed by atoms with Crippen LogP contribution in [0.4, 0.5) is 0 Å². The molecule has 1 N–H and O–H groups in total. The number of hydrogen-bond acceptors (Lipinski definition) is 4. The summed E-state index contributed by atoms with van der Waals surface area (Å²) in [5.41, 5.74) is 0.669. The summed E-state index contributed by atoms with van der Waals surface area (Å²) >= 11 is 1.63. The van der Waals surface area contributed by atoms with Crippen molar-refractivity contribution >= 4 is 23.2 Å². The molecule has 2 amide bonds. The monoisotopic (exact) mass is 398 g/mol. The molecule has 0 spiro atoms. The first-order valence-electron chi connectivity index (χ1n) is 10.0. The number of rotatable bonds is 7. The number of nitrogens with zero attached hydrogens (tertiary/aromatic N) is 1. The summed E-state index contributed by atoms with van der Waals surface area (Å²) in [5, 5.41) is 5.00. The van der Waals surface area contributed by atoms with E-state index in [-0.39, 0.29) is 11.8 Å². The summed E-state index contributed by atoms with van der Waals surface area (Å²) in [6.07, 6.45) is 4.76. The Kier molecular flexibility index (Phi) is 5.95. The standard InChI is InChI=1S/C22H26N2O3S/c25-21(13-20-4-2-12-28-20)24-11-1-3-16(14-24)15-27-19-9-5-17(6-10-19)22(26)23-18-7-8-18/h2,4-6,9-10,12,16,18H,1,3,7-8,11,13-15H2,(H,23,26)/t16-/m0/s1. The van der Waals surface area contributed by atoms with Crippen LogP contribution in [0.1, 0.15) is 40.9 Å². The molecule has 0 bridgehead atoms. The molecule has 1 aromatic carbocycles. The fourth-order valence-corrected chi connectivity index (χ4v) is 4.21. The van der Waals surface area contributed by atoms with Crippen LogP contribution in [0.25, 0.3) is 0 Å². The van der Waals surface area contributed by atoms with Crippen LogP contribution in [-0.4, -0.2) is 42.5 Å². The van der Waals surface area contributed by atoms with Crippen LogP contribution in [0.15, 0.2) is 41.8 Å². The average molecular weight is 399 g/mol. The first-order valence-corrected chi connectivity index (χ1v) is 10.9. The van der Waals surface area contributed by atoms with Crippen LogP contribution in [0.2, 0.25) is 0 Å². The van der Waals surface area contributed by atoms with Gasteiger partial charge >= 0.3 is 0 Å². The van der Waals surface area contributed by atoms with E-state index in [1.165, 1.54) is 0 Å². The minimum absolute atomic E-state index is 0.0128. The van der Waals surface area contributed by atoms with Crippen LogP contribution >= 0.6 is 11.3 Å². The first-order chi connectivity index (χ1) is 13.7. The topological polar surface area (TPSA) is 58.6 Å². The van der Waals surface area contributed by atoms with Gasteiger partial charge in [0, 0.05) is 35.5 Å². The SMILES string of the molecule is O=C(NC1CC1)c1ccc(OC[C@H]2CCCN(C(=O)Cc3cccs3)C2)cc1. The highest BCUT2D eigenvalue weighted by atomic mass is 32.1. The Morgan fingerprint density at radius 3 is 2.68 bits per heavy atom. The minimum atomic E-state index is -0.0128. The quantitative estimate of drug-likeness (QED) is 0.777. The zero-order chi connectivity index (χ0) is 19.3. The van der Waals surface area contributed by atoms with Crippen LogP contribution in [0.5, 0.6) is 5.75 Å². The molecule has 1 aliphatic carbocycles. The van der Waals surface area contributed by atoms with Gasteiger partial charge in [0.05, 0.1) is 13.0 Å². The van der Waals surface area contributed by atoms with E-state index in [0.717, 1.165) is 49.4 Å². The lowest BCUT2D eigenvalue weighted by atomic mass is 9.98.